The molecule has 5 nitrogen and oxygen atoms in total. The number of hydrogen-bond donors (Lipinski definition) is 1. The minimum atomic E-state index is -0.234. The van der Waals surface area contributed by atoms with Gasteiger partial charge in [0.1, 0.15) is 11.6 Å². The van der Waals surface area contributed by atoms with Gasteiger partial charge in [-0.25, -0.2) is 14.2 Å². The number of imidazole rings is 1. The van der Waals surface area contributed by atoms with E-state index in [9.17, 15) is 9.18 Å². The van der Waals surface area contributed by atoms with Gasteiger partial charge in [0, 0.05) is 31.0 Å². The summed E-state index contributed by atoms with van der Waals surface area (Å²) in [6, 6.07) is 6.62. The Morgan fingerprint density at radius 1 is 1.36 bits per heavy atom. The van der Waals surface area contributed by atoms with Crippen molar-refractivity contribution in [2.24, 2.45) is 5.92 Å². The van der Waals surface area contributed by atoms with E-state index in [1.165, 1.54) is 6.07 Å². The van der Waals surface area contributed by atoms with Gasteiger partial charge in [0.25, 0.3) is 0 Å². The molecule has 0 atom stereocenters. The van der Waals surface area contributed by atoms with Gasteiger partial charge in [0.05, 0.1) is 13.1 Å². The molecule has 2 rings (SSSR count). The van der Waals surface area contributed by atoms with Gasteiger partial charge < -0.3 is 14.8 Å². The highest BCUT2D eigenvalue weighted by molar-refractivity contribution is 5.74. The maximum atomic E-state index is 13.9. The number of amides is 2. The van der Waals surface area contributed by atoms with E-state index in [2.05, 4.69) is 24.1 Å². The maximum Gasteiger partial charge on any atom is 0.317 e. The summed E-state index contributed by atoms with van der Waals surface area (Å²) in [6.45, 7) is 8.26. The molecular weight excluding hydrogens is 319 g/mol. The Balaban J connectivity index is 2.13. The summed E-state index contributed by atoms with van der Waals surface area (Å²) in [5.74, 6) is 0.861. The monoisotopic (exact) mass is 346 g/mol. The zero-order valence-electron chi connectivity index (χ0n) is 15.2. The number of carbonyl (C=O) groups is 1. The summed E-state index contributed by atoms with van der Waals surface area (Å²) >= 11 is 0. The zero-order chi connectivity index (χ0) is 18.2. The van der Waals surface area contributed by atoms with Crippen molar-refractivity contribution in [1.82, 2.24) is 19.8 Å². The fourth-order valence-electron chi connectivity index (χ4n) is 2.62. The van der Waals surface area contributed by atoms with Crippen LogP contribution in [0.1, 0.15) is 38.6 Å². The van der Waals surface area contributed by atoms with Gasteiger partial charge in [-0.1, -0.05) is 39.0 Å². The Morgan fingerprint density at radius 3 is 2.80 bits per heavy atom. The molecule has 6 heteroatoms. The summed E-state index contributed by atoms with van der Waals surface area (Å²) in [6.07, 6.45) is 4.40. The molecule has 0 bridgehead atoms. The summed E-state index contributed by atoms with van der Waals surface area (Å²) in [4.78, 5) is 18.5. The van der Waals surface area contributed by atoms with E-state index in [4.69, 9.17) is 0 Å². The minimum Gasteiger partial charge on any atom is -0.338 e. The average Bonchev–Trinajstić information content (AvgIpc) is 3.00. The molecule has 2 aromatic rings. The van der Waals surface area contributed by atoms with E-state index in [0.29, 0.717) is 37.7 Å². The van der Waals surface area contributed by atoms with Crippen LogP contribution in [0.15, 0.2) is 36.7 Å². The molecule has 0 aliphatic rings. The molecule has 0 spiro atoms. The maximum absolute atomic E-state index is 13.9. The highest BCUT2D eigenvalue weighted by Crippen LogP contribution is 2.12. The molecule has 0 saturated heterocycles. The van der Waals surface area contributed by atoms with E-state index >= 15 is 0 Å². The number of hydrogen-bond acceptors (Lipinski definition) is 2. The third-order valence-corrected chi connectivity index (χ3v) is 3.83. The number of halogens is 1. The Kier molecular flexibility index (Phi) is 6.98. The first-order valence-corrected chi connectivity index (χ1v) is 8.77. The fourth-order valence-corrected chi connectivity index (χ4v) is 2.62. The second-order valence-corrected chi connectivity index (χ2v) is 6.57. The predicted molar refractivity (Wildman–Crippen MR) is 96.7 cm³/mol. The number of urea groups is 1. The lowest BCUT2D eigenvalue weighted by Gasteiger charge is -2.25. The molecule has 1 N–H and O–H groups in total. The van der Waals surface area contributed by atoms with Gasteiger partial charge >= 0.3 is 6.03 Å². The van der Waals surface area contributed by atoms with Crippen LogP contribution >= 0.6 is 0 Å². The number of aromatic nitrogens is 2. The van der Waals surface area contributed by atoms with Gasteiger partial charge in [0.15, 0.2) is 0 Å². The van der Waals surface area contributed by atoms with Crippen LogP contribution in [-0.4, -0.2) is 33.6 Å². The molecule has 0 unspecified atom stereocenters. The summed E-state index contributed by atoms with van der Waals surface area (Å²) in [7, 11) is 0. The lowest BCUT2D eigenvalue weighted by Crippen LogP contribution is -2.42. The number of rotatable bonds is 8. The van der Waals surface area contributed by atoms with Crippen LogP contribution in [0.3, 0.4) is 0 Å². The summed E-state index contributed by atoms with van der Waals surface area (Å²) < 4.78 is 15.8. The molecule has 0 fully saturated rings. The molecule has 1 aromatic heterocycles. The molecule has 1 aromatic carbocycles. The average molecular weight is 346 g/mol. The van der Waals surface area contributed by atoms with Crippen LogP contribution in [0, 0.1) is 11.7 Å². The lowest BCUT2D eigenvalue weighted by atomic mass is 10.2. The normalized spacial score (nSPS) is 10.9. The molecule has 2 amide bonds. The fraction of sp³-hybridized carbons (Fsp3) is 0.474. The first-order chi connectivity index (χ1) is 12.0. The number of benzene rings is 1. The first-order valence-electron chi connectivity index (χ1n) is 8.77. The van der Waals surface area contributed by atoms with Crippen molar-refractivity contribution in [2.45, 2.75) is 40.3 Å². The van der Waals surface area contributed by atoms with Crippen molar-refractivity contribution >= 4 is 6.03 Å². The third kappa shape index (κ3) is 5.59. The van der Waals surface area contributed by atoms with Crippen LogP contribution in [0.4, 0.5) is 9.18 Å². The van der Waals surface area contributed by atoms with Crippen LogP contribution < -0.4 is 5.32 Å². The second kappa shape index (κ2) is 9.20. The quantitative estimate of drug-likeness (QED) is 0.793. The van der Waals surface area contributed by atoms with E-state index in [1.807, 2.05) is 23.8 Å². The topological polar surface area (TPSA) is 50.2 Å². The van der Waals surface area contributed by atoms with Gasteiger partial charge in [-0.05, 0) is 18.4 Å². The molecule has 25 heavy (non-hydrogen) atoms. The lowest BCUT2D eigenvalue weighted by molar-refractivity contribution is 0.185. The Labute approximate surface area is 148 Å². The standard InChI is InChI=1S/C19H27FN4O/c1-4-9-22-19(25)24(12-15(2)3)14-18-21-10-11-23(18)13-16-7-5-6-8-17(16)20/h5-8,10-11,15H,4,9,12-14H2,1-3H3,(H,22,25). The molecule has 136 valence electrons. The first kappa shape index (κ1) is 19.0. The van der Waals surface area contributed by atoms with Crippen molar-refractivity contribution < 1.29 is 9.18 Å². The van der Waals surface area contributed by atoms with Crippen molar-refractivity contribution in [3.8, 4) is 0 Å². The van der Waals surface area contributed by atoms with E-state index < -0.39 is 0 Å². The van der Waals surface area contributed by atoms with E-state index in [1.54, 1.807) is 23.2 Å². The van der Waals surface area contributed by atoms with Crippen molar-refractivity contribution in [3.05, 3.63) is 53.9 Å². The Bertz CT molecular complexity index is 684. The molecule has 0 aliphatic carbocycles. The summed E-state index contributed by atoms with van der Waals surface area (Å²) in [5, 5.41) is 2.92. The van der Waals surface area contributed by atoms with Gasteiger partial charge in [-0.15, -0.1) is 0 Å². The van der Waals surface area contributed by atoms with E-state index in [0.717, 1.165) is 12.2 Å². The highest BCUT2D eigenvalue weighted by Gasteiger charge is 2.17. The SMILES string of the molecule is CCCNC(=O)N(Cc1nccn1Cc1ccccc1F)CC(C)C. The molecule has 0 saturated carbocycles. The van der Waals surface area contributed by atoms with Gasteiger partial charge in [-0.3, -0.25) is 0 Å². The van der Waals surface area contributed by atoms with Crippen molar-refractivity contribution in [2.75, 3.05) is 13.1 Å². The van der Waals surface area contributed by atoms with Crippen LogP contribution in [0.25, 0.3) is 0 Å². The summed E-state index contributed by atoms with van der Waals surface area (Å²) in [5.41, 5.74) is 0.604. The van der Waals surface area contributed by atoms with Crippen molar-refractivity contribution in [3.63, 3.8) is 0 Å². The van der Waals surface area contributed by atoms with E-state index in [-0.39, 0.29) is 11.8 Å². The number of carbonyl (C=O) groups excluding carboxylic acids is 1. The van der Waals surface area contributed by atoms with Crippen LogP contribution in [0.2, 0.25) is 0 Å². The number of nitrogens with one attached hydrogen (secondary N) is 1. The minimum absolute atomic E-state index is 0.0870. The molecule has 1 heterocycles. The van der Waals surface area contributed by atoms with Gasteiger partial charge in [0.2, 0.25) is 0 Å². The molecule has 0 radical (unpaired) electrons. The Morgan fingerprint density at radius 2 is 2.12 bits per heavy atom. The Hall–Kier alpha value is -2.37. The molecular formula is C19H27FN4O. The van der Waals surface area contributed by atoms with Gasteiger partial charge in [-0.2, -0.15) is 0 Å². The second-order valence-electron chi connectivity index (χ2n) is 6.57. The zero-order valence-corrected chi connectivity index (χ0v) is 15.2. The third-order valence-electron chi connectivity index (χ3n) is 3.83. The van der Waals surface area contributed by atoms with Crippen molar-refractivity contribution in [1.29, 1.82) is 0 Å². The largest absolute Gasteiger partial charge is 0.338 e. The van der Waals surface area contributed by atoms with Crippen LogP contribution in [-0.2, 0) is 13.1 Å². The molecule has 0 aliphatic heterocycles. The van der Waals surface area contributed by atoms with Crippen LogP contribution in [0.5, 0.6) is 0 Å². The number of nitrogens with zero attached hydrogens (tertiary/aromatic N) is 3. The highest BCUT2D eigenvalue weighted by atomic mass is 19.1. The smallest absolute Gasteiger partial charge is 0.317 e. The predicted octanol–water partition coefficient (Wildman–Crippen LogP) is 3.65.